The molecular formula is C7H10O2. The molecule has 1 heterocycles. The number of ether oxygens (including phenoxy) is 1. The van der Waals surface area contributed by atoms with Gasteiger partial charge in [-0.1, -0.05) is 6.92 Å². The van der Waals surface area contributed by atoms with E-state index in [1.54, 1.807) is 6.26 Å². The van der Waals surface area contributed by atoms with Crippen LogP contribution in [-0.2, 0) is 9.53 Å². The highest BCUT2D eigenvalue weighted by molar-refractivity contribution is 5.83. The van der Waals surface area contributed by atoms with Crippen LogP contribution in [0, 0.1) is 0 Å². The number of ketones is 1. The first-order valence-corrected chi connectivity index (χ1v) is 3.17. The summed E-state index contributed by atoms with van der Waals surface area (Å²) < 4.78 is 4.98. The fourth-order valence-corrected chi connectivity index (χ4v) is 0.820. The van der Waals surface area contributed by atoms with Gasteiger partial charge in [0.15, 0.2) is 11.9 Å². The summed E-state index contributed by atoms with van der Waals surface area (Å²) in [7, 11) is 0. The average Bonchev–Trinajstić information content (AvgIpc) is 2.37. The molecule has 0 aromatic carbocycles. The lowest BCUT2D eigenvalue weighted by Gasteiger charge is -2.05. The van der Waals surface area contributed by atoms with Crippen LogP contribution in [0.2, 0.25) is 0 Å². The second kappa shape index (κ2) is 2.67. The zero-order valence-electron chi connectivity index (χ0n) is 5.46. The average molecular weight is 126 g/mol. The highest BCUT2D eigenvalue weighted by atomic mass is 16.5. The van der Waals surface area contributed by atoms with E-state index in [0.717, 1.165) is 6.42 Å². The molecule has 0 aliphatic carbocycles. The maximum atomic E-state index is 10.8. The fraction of sp³-hybridized carbons (Fsp3) is 0.571. The van der Waals surface area contributed by atoms with E-state index in [4.69, 9.17) is 4.74 Å². The SMILES string of the molecule is CCC(=O)C1CC=CO1. The lowest BCUT2D eigenvalue weighted by Crippen LogP contribution is -2.17. The Labute approximate surface area is 54.5 Å². The number of carbonyl (C=O) groups is 1. The van der Waals surface area contributed by atoms with Gasteiger partial charge in [0.1, 0.15) is 0 Å². The molecule has 0 amide bonds. The maximum absolute atomic E-state index is 10.8. The van der Waals surface area contributed by atoms with E-state index < -0.39 is 0 Å². The Morgan fingerprint density at radius 2 is 2.67 bits per heavy atom. The molecule has 0 saturated carbocycles. The molecule has 0 aromatic heterocycles. The van der Waals surface area contributed by atoms with Crippen molar-refractivity contribution >= 4 is 5.78 Å². The largest absolute Gasteiger partial charge is 0.490 e. The van der Waals surface area contributed by atoms with E-state index in [0.29, 0.717) is 6.42 Å². The third-order valence-electron chi connectivity index (χ3n) is 1.40. The molecule has 0 fully saturated rings. The fourth-order valence-electron chi connectivity index (χ4n) is 0.820. The standard InChI is InChI=1S/C7H10O2/c1-2-6(8)7-4-3-5-9-7/h3,5,7H,2,4H2,1H3. The van der Waals surface area contributed by atoms with E-state index in [1.807, 2.05) is 13.0 Å². The number of Topliss-reactive ketones (excluding diaryl/α,β-unsaturated/α-hetero) is 1. The van der Waals surface area contributed by atoms with Crippen molar-refractivity contribution < 1.29 is 9.53 Å². The quantitative estimate of drug-likeness (QED) is 0.557. The minimum atomic E-state index is -0.171. The molecule has 1 atom stereocenters. The summed E-state index contributed by atoms with van der Waals surface area (Å²) >= 11 is 0. The molecule has 1 unspecified atom stereocenters. The van der Waals surface area contributed by atoms with Gasteiger partial charge in [-0.15, -0.1) is 0 Å². The summed E-state index contributed by atoms with van der Waals surface area (Å²) in [6.07, 6.45) is 4.63. The van der Waals surface area contributed by atoms with Gasteiger partial charge in [0.05, 0.1) is 6.26 Å². The van der Waals surface area contributed by atoms with Crippen molar-refractivity contribution in [2.45, 2.75) is 25.9 Å². The van der Waals surface area contributed by atoms with E-state index in [9.17, 15) is 4.79 Å². The first kappa shape index (κ1) is 6.33. The van der Waals surface area contributed by atoms with Gasteiger partial charge in [0.25, 0.3) is 0 Å². The number of carbonyl (C=O) groups excluding carboxylic acids is 1. The van der Waals surface area contributed by atoms with Crippen molar-refractivity contribution in [1.82, 2.24) is 0 Å². The van der Waals surface area contributed by atoms with Gasteiger partial charge in [0, 0.05) is 12.8 Å². The van der Waals surface area contributed by atoms with Gasteiger partial charge in [-0.05, 0) is 6.08 Å². The molecular weight excluding hydrogens is 116 g/mol. The first-order chi connectivity index (χ1) is 4.34. The smallest absolute Gasteiger partial charge is 0.173 e. The third kappa shape index (κ3) is 1.31. The zero-order valence-corrected chi connectivity index (χ0v) is 5.46. The molecule has 2 heteroatoms. The second-order valence-electron chi connectivity index (χ2n) is 2.05. The lowest BCUT2D eigenvalue weighted by atomic mass is 10.1. The maximum Gasteiger partial charge on any atom is 0.173 e. The van der Waals surface area contributed by atoms with Crippen molar-refractivity contribution in [3.8, 4) is 0 Å². The summed E-state index contributed by atoms with van der Waals surface area (Å²) in [6, 6.07) is 0. The summed E-state index contributed by atoms with van der Waals surface area (Å²) in [5.41, 5.74) is 0. The van der Waals surface area contributed by atoms with Crippen LogP contribution in [-0.4, -0.2) is 11.9 Å². The Hall–Kier alpha value is -0.790. The predicted molar refractivity (Wildman–Crippen MR) is 33.9 cm³/mol. The van der Waals surface area contributed by atoms with Crippen LogP contribution < -0.4 is 0 Å². The summed E-state index contributed by atoms with van der Waals surface area (Å²) in [5, 5.41) is 0. The van der Waals surface area contributed by atoms with Crippen LogP contribution in [0.25, 0.3) is 0 Å². The number of rotatable bonds is 2. The minimum absolute atomic E-state index is 0.171. The molecule has 0 N–H and O–H groups in total. The highest BCUT2D eigenvalue weighted by Crippen LogP contribution is 2.10. The Balaban J connectivity index is 2.36. The van der Waals surface area contributed by atoms with Crippen molar-refractivity contribution in [1.29, 1.82) is 0 Å². The molecule has 50 valence electrons. The van der Waals surface area contributed by atoms with Gasteiger partial charge in [-0.3, -0.25) is 4.79 Å². The molecule has 0 saturated heterocycles. The van der Waals surface area contributed by atoms with E-state index >= 15 is 0 Å². The third-order valence-corrected chi connectivity index (χ3v) is 1.40. The van der Waals surface area contributed by atoms with Gasteiger partial charge in [-0.25, -0.2) is 0 Å². The molecule has 1 rings (SSSR count). The highest BCUT2D eigenvalue weighted by Gasteiger charge is 2.17. The number of hydrogen-bond acceptors (Lipinski definition) is 2. The van der Waals surface area contributed by atoms with Crippen molar-refractivity contribution in [2.75, 3.05) is 0 Å². The van der Waals surface area contributed by atoms with E-state index in [2.05, 4.69) is 0 Å². The Bertz CT molecular complexity index is 130. The molecule has 2 nitrogen and oxygen atoms in total. The zero-order chi connectivity index (χ0) is 6.69. The second-order valence-corrected chi connectivity index (χ2v) is 2.05. The van der Waals surface area contributed by atoms with Crippen molar-refractivity contribution in [3.63, 3.8) is 0 Å². The normalized spacial score (nSPS) is 23.9. The first-order valence-electron chi connectivity index (χ1n) is 3.17. The van der Waals surface area contributed by atoms with Crippen LogP contribution in [0.3, 0.4) is 0 Å². The van der Waals surface area contributed by atoms with Crippen molar-refractivity contribution in [2.24, 2.45) is 0 Å². The molecule has 0 bridgehead atoms. The lowest BCUT2D eigenvalue weighted by molar-refractivity contribution is -0.126. The number of hydrogen-bond donors (Lipinski definition) is 0. The molecule has 9 heavy (non-hydrogen) atoms. The predicted octanol–water partition coefficient (Wildman–Crippen LogP) is 1.27. The topological polar surface area (TPSA) is 26.3 Å². The van der Waals surface area contributed by atoms with Crippen LogP contribution in [0.5, 0.6) is 0 Å². The molecule has 0 radical (unpaired) electrons. The van der Waals surface area contributed by atoms with Crippen LogP contribution in [0.4, 0.5) is 0 Å². The molecule has 0 spiro atoms. The van der Waals surface area contributed by atoms with Crippen LogP contribution in [0.15, 0.2) is 12.3 Å². The molecule has 1 aliphatic heterocycles. The molecule has 0 aromatic rings. The van der Waals surface area contributed by atoms with Gasteiger partial charge in [0.2, 0.25) is 0 Å². The monoisotopic (exact) mass is 126 g/mol. The van der Waals surface area contributed by atoms with Gasteiger partial charge < -0.3 is 4.74 Å². The summed E-state index contributed by atoms with van der Waals surface area (Å²) in [5.74, 6) is 0.194. The molecule has 1 aliphatic rings. The van der Waals surface area contributed by atoms with Crippen LogP contribution in [0.1, 0.15) is 19.8 Å². The Morgan fingerprint density at radius 1 is 1.89 bits per heavy atom. The van der Waals surface area contributed by atoms with Crippen LogP contribution >= 0.6 is 0 Å². The summed E-state index contributed by atoms with van der Waals surface area (Å²) in [6.45, 7) is 1.85. The van der Waals surface area contributed by atoms with E-state index in [-0.39, 0.29) is 11.9 Å². The van der Waals surface area contributed by atoms with Gasteiger partial charge in [-0.2, -0.15) is 0 Å². The van der Waals surface area contributed by atoms with Gasteiger partial charge >= 0.3 is 0 Å². The Kier molecular flexibility index (Phi) is 1.88. The minimum Gasteiger partial charge on any atom is -0.490 e. The van der Waals surface area contributed by atoms with Crippen molar-refractivity contribution in [3.05, 3.63) is 12.3 Å². The Morgan fingerprint density at radius 3 is 3.11 bits per heavy atom. The van der Waals surface area contributed by atoms with E-state index in [1.165, 1.54) is 0 Å². The summed E-state index contributed by atoms with van der Waals surface area (Å²) in [4.78, 5) is 10.8.